The molecule has 0 spiro atoms. The van der Waals surface area contributed by atoms with Crippen LogP contribution in [0.2, 0.25) is 0 Å². The van der Waals surface area contributed by atoms with Crippen molar-refractivity contribution in [2.24, 2.45) is 5.73 Å². The van der Waals surface area contributed by atoms with Crippen LogP contribution in [0.4, 0.5) is 0 Å². The lowest BCUT2D eigenvalue weighted by molar-refractivity contribution is 0.598. The van der Waals surface area contributed by atoms with E-state index in [1.807, 2.05) is 6.92 Å². The summed E-state index contributed by atoms with van der Waals surface area (Å²) in [6.07, 6.45) is 0. The van der Waals surface area contributed by atoms with Gasteiger partial charge in [0.25, 0.3) is 0 Å². The Morgan fingerprint density at radius 1 is 1.50 bits per heavy atom. The molecule has 0 amide bonds. The number of thioether (sulfide) groups is 1. The third kappa shape index (κ3) is 5.85. The van der Waals surface area contributed by atoms with Gasteiger partial charge in [0, 0.05) is 23.3 Å². The van der Waals surface area contributed by atoms with E-state index in [0.29, 0.717) is 17.5 Å². The van der Waals surface area contributed by atoms with E-state index in [9.17, 15) is 8.42 Å². The molecule has 0 heterocycles. The minimum atomic E-state index is -2.79. The summed E-state index contributed by atoms with van der Waals surface area (Å²) in [6.45, 7) is 4.28. The molecule has 0 aliphatic carbocycles. The van der Waals surface area contributed by atoms with Crippen molar-refractivity contribution in [3.05, 3.63) is 0 Å². The van der Waals surface area contributed by atoms with Gasteiger partial charge in [-0.15, -0.1) is 0 Å². The van der Waals surface area contributed by atoms with Crippen molar-refractivity contribution in [1.82, 2.24) is 0 Å². The highest BCUT2D eigenvalue weighted by molar-refractivity contribution is 8.01. The fourth-order valence-electron chi connectivity index (χ4n) is 0.589. The molecular weight excluding hydrogens is 194 g/mol. The van der Waals surface area contributed by atoms with E-state index in [-0.39, 0.29) is 11.5 Å². The Balaban J connectivity index is 3.57. The van der Waals surface area contributed by atoms with Gasteiger partial charge in [0.05, 0.1) is 5.75 Å². The third-order valence-electron chi connectivity index (χ3n) is 1.57. The second kappa shape index (κ2) is 5.83. The van der Waals surface area contributed by atoms with Gasteiger partial charge in [0.2, 0.25) is 0 Å². The average molecular weight is 211 g/mol. The number of hydrogen-bond donors (Lipinski definition) is 1. The molecule has 0 aliphatic rings. The molecule has 0 bridgehead atoms. The van der Waals surface area contributed by atoms with Crippen molar-refractivity contribution >= 4 is 21.6 Å². The van der Waals surface area contributed by atoms with Gasteiger partial charge < -0.3 is 5.73 Å². The Kier molecular flexibility index (Phi) is 5.96. The van der Waals surface area contributed by atoms with Crippen molar-refractivity contribution in [3.63, 3.8) is 0 Å². The van der Waals surface area contributed by atoms with Crippen LogP contribution < -0.4 is 5.73 Å². The molecule has 0 aromatic carbocycles. The highest BCUT2D eigenvalue weighted by atomic mass is 32.2. The van der Waals surface area contributed by atoms with Crippen molar-refractivity contribution < 1.29 is 8.42 Å². The van der Waals surface area contributed by atoms with E-state index in [4.69, 9.17) is 5.73 Å². The summed E-state index contributed by atoms with van der Waals surface area (Å²) in [6, 6.07) is 0. The van der Waals surface area contributed by atoms with Crippen LogP contribution >= 0.6 is 11.8 Å². The molecule has 0 saturated carbocycles. The van der Waals surface area contributed by atoms with Crippen LogP contribution in [0.5, 0.6) is 0 Å². The van der Waals surface area contributed by atoms with Gasteiger partial charge in [0.15, 0.2) is 9.84 Å². The molecule has 5 heteroatoms. The molecule has 0 fully saturated rings. The largest absolute Gasteiger partial charge is 0.329 e. The molecule has 0 rings (SSSR count). The van der Waals surface area contributed by atoms with E-state index < -0.39 is 9.84 Å². The molecule has 0 aliphatic heterocycles. The molecule has 1 unspecified atom stereocenters. The van der Waals surface area contributed by atoms with Crippen LogP contribution in [-0.2, 0) is 9.84 Å². The summed E-state index contributed by atoms with van der Waals surface area (Å²) >= 11 is 1.61. The quantitative estimate of drug-likeness (QED) is 0.695. The molecule has 2 N–H and O–H groups in total. The van der Waals surface area contributed by atoms with Gasteiger partial charge in [-0.25, -0.2) is 8.42 Å². The summed E-state index contributed by atoms with van der Waals surface area (Å²) in [7, 11) is -2.79. The Hall–Kier alpha value is 0.260. The second-order valence-electron chi connectivity index (χ2n) is 2.65. The van der Waals surface area contributed by atoms with Crippen LogP contribution in [0.15, 0.2) is 0 Å². The van der Waals surface area contributed by atoms with Crippen LogP contribution in [0.25, 0.3) is 0 Å². The summed E-state index contributed by atoms with van der Waals surface area (Å²) in [5.41, 5.74) is 5.38. The fraction of sp³-hybridized carbons (Fsp3) is 1.00. The van der Waals surface area contributed by atoms with Crippen molar-refractivity contribution in [1.29, 1.82) is 0 Å². The van der Waals surface area contributed by atoms with Gasteiger partial charge in [-0.2, -0.15) is 11.8 Å². The van der Waals surface area contributed by atoms with Crippen LogP contribution in [0.3, 0.4) is 0 Å². The fourth-order valence-corrected chi connectivity index (χ4v) is 2.82. The normalized spacial score (nSPS) is 14.6. The predicted molar refractivity (Wildman–Crippen MR) is 55.3 cm³/mol. The van der Waals surface area contributed by atoms with E-state index in [0.717, 1.165) is 0 Å². The van der Waals surface area contributed by atoms with E-state index in [1.54, 1.807) is 18.7 Å². The Morgan fingerprint density at radius 3 is 2.50 bits per heavy atom. The standard InChI is InChI=1S/C7H17NO2S2/c1-3-12(9,10)5-4-11-7(2)6-8/h7H,3-6,8H2,1-2H3. The highest BCUT2D eigenvalue weighted by Crippen LogP contribution is 2.09. The third-order valence-corrected chi connectivity index (χ3v) is 4.73. The molecule has 0 saturated heterocycles. The second-order valence-corrected chi connectivity index (χ2v) is 6.67. The maximum absolute atomic E-state index is 11.0. The zero-order valence-corrected chi connectivity index (χ0v) is 9.25. The van der Waals surface area contributed by atoms with Gasteiger partial charge in [-0.1, -0.05) is 13.8 Å². The summed E-state index contributed by atoms with van der Waals surface area (Å²) < 4.78 is 22.0. The Morgan fingerprint density at radius 2 is 2.08 bits per heavy atom. The lowest BCUT2D eigenvalue weighted by Gasteiger charge is -2.07. The van der Waals surface area contributed by atoms with Crippen molar-refractivity contribution in [2.75, 3.05) is 23.8 Å². The van der Waals surface area contributed by atoms with E-state index >= 15 is 0 Å². The molecule has 0 radical (unpaired) electrons. The van der Waals surface area contributed by atoms with Gasteiger partial charge in [0.1, 0.15) is 0 Å². The first-order valence-corrected chi connectivity index (χ1v) is 6.91. The molecular formula is C7H17NO2S2. The highest BCUT2D eigenvalue weighted by Gasteiger charge is 2.07. The average Bonchev–Trinajstić information content (AvgIpc) is 2.04. The predicted octanol–water partition coefficient (Wildman–Crippen LogP) is 0.502. The lowest BCUT2D eigenvalue weighted by Crippen LogP contribution is -2.16. The molecule has 1 atom stereocenters. The molecule has 3 nitrogen and oxygen atoms in total. The zero-order chi connectivity index (χ0) is 9.61. The molecule has 0 aromatic heterocycles. The Bertz CT molecular complexity index is 201. The Labute approximate surface area is 79.0 Å². The minimum absolute atomic E-state index is 0.241. The van der Waals surface area contributed by atoms with Crippen molar-refractivity contribution in [3.8, 4) is 0 Å². The number of nitrogens with two attached hydrogens (primary N) is 1. The first kappa shape index (κ1) is 12.3. The van der Waals surface area contributed by atoms with Crippen molar-refractivity contribution in [2.45, 2.75) is 19.1 Å². The monoisotopic (exact) mass is 211 g/mol. The van der Waals surface area contributed by atoms with Crippen LogP contribution in [-0.4, -0.2) is 37.5 Å². The number of hydrogen-bond acceptors (Lipinski definition) is 4. The van der Waals surface area contributed by atoms with E-state index in [1.165, 1.54) is 0 Å². The first-order valence-electron chi connectivity index (χ1n) is 4.04. The minimum Gasteiger partial charge on any atom is -0.329 e. The molecule has 74 valence electrons. The number of rotatable bonds is 6. The van der Waals surface area contributed by atoms with Gasteiger partial charge in [-0.3, -0.25) is 0 Å². The SMILES string of the molecule is CCS(=O)(=O)CCSC(C)CN. The molecule has 0 aromatic rings. The van der Waals surface area contributed by atoms with Gasteiger partial charge >= 0.3 is 0 Å². The first-order chi connectivity index (χ1) is 5.52. The molecule has 12 heavy (non-hydrogen) atoms. The van der Waals surface area contributed by atoms with E-state index in [2.05, 4.69) is 0 Å². The topological polar surface area (TPSA) is 60.2 Å². The maximum atomic E-state index is 11.0. The van der Waals surface area contributed by atoms with Crippen LogP contribution in [0.1, 0.15) is 13.8 Å². The number of sulfone groups is 1. The summed E-state index contributed by atoms with van der Waals surface area (Å²) in [4.78, 5) is 0. The zero-order valence-electron chi connectivity index (χ0n) is 7.62. The maximum Gasteiger partial charge on any atom is 0.150 e. The van der Waals surface area contributed by atoms with Crippen LogP contribution in [0, 0.1) is 0 Å². The summed E-state index contributed by atoms with van der Waals surface area (Å²) in [5, 5.41) is 0.358. The lowest BCUT2D eigenvalue weighted by atomic mass is 10.5. The smallest absolute Gasteiger partial charge is 0.150 e. The van der Waals surface area contributed by atoms with Gasteiger partial charge in [-0.05, 0) is 0 Å². The summed E-state index contributed by atoms with van der Waals surface area (Å²) in [5.74, 6) is 1.18.